The average molecular weight is 408 g/mol. The summed E-state index contributed by atoms with van der Waals surface area (Å²) >= 11 is 12.3. The Hall–Kier alpha value is -1.95. The minimum Gasteiger partial charge on any atom is -0.495 e. The van der Waals surface area contributed by atoms with Crippen LogP contribution >= 0.6 is 23.2 Å². The predicted octanol–water partition coefficient (Wildman–Crippen LogP) is 4.15. The molecule has 5 nitrogen and oxygen atoms in total. The van der Waals surface area contributed by atoms with Crippen LogP contribution in [-0.2, 0) is 4.79 Å². The number of piperazine rings is 1. The van der Waals surface area contributed by atoms with Crippen LogP contribution in [0.15, 0.2) is 42.5 Å². The van der Waals surface area contributed by atoms with Gasteiger partial charge in [-0.15, -0.1) is 0 Å². The van der Waals surface area contributed by atoms with Gasteiger partial charge >= 0.3 is 0 Å². The van der Waals surface area contributed by atoms with Gasteiger partial charge in [-0.2, -0.15) is 0 Å². The van der Waals surface area contributed by atoms with Gasteiger partial charge in [-0.3, -0.25) is 9.69 Å². The minimum absolute atomic E-state index is 0.0817. The standard InChI is InChI=1S/C20H23Cl2N3O2/c1-14(20(26)23-17-13-15(21)7-8-19(17)27-2)24-9-11-25(12-10-24)18-6-4-3-5-16(18)22/h3-8,13-14H,9-12H2,1-2H3,(H,23,26)/t14-/m1/s1. The van der Waals surface area contributed by atoms with Crippen molar-refractivity contribution in [3.8, 4) is 5.75 Å². The number of rotatable bonds is 5. The number of carbonyl (C=O) groups excluding carboxylic acids is 1. The third-order valence-corrected chi connectivity index (χ3v) is 5.41. The lowest BCUT2D eigenvalue weighted by molar-refractivity contribution is -0.120. The molecule has 0 aliphatic carbocycles. The zero-order chi connectivity index (χ0) is 19.4. The van der Waals surface area contributed by atoms with Crippen molar-refractivity contribution >= 4 is 40.5 Å². The molecule has 1 saturated heterocycles. The Morgan fingerprint density at radius 1 is 1.11 bits per heavy atom. The van der Waals surface area contributed by atoms with E-state index in [1.165, 1.54) is 0 Å². The van der Waals surface area contributed by atoms with Crippen molar-refractivity contribution in [3.63, 3.8) is 0 Å². The van der Waals surface area contributed by atoms with Crippen molar-refractivity contribution < 1.29 is 9.53 Å². The molecule has 0 saturated carbocycles. The van der Waals surface area contributed by atoms with Crippen LogP contribution in [0.5, 0.6) is 5.75 Å². The van der Waals surface area contributed by atoms with Gasteiger partial charge in [0.2, 0.25) is 5.91 Å². The Morgan fingerprint density at radius 2 is 1.81 bits per heavy atom. The second-order valence-electron chi connectivity index (χ2n) is 6.48. The molecule has 0 spiro atoms. The summed E-state index contributed by atoms with van der Waals surface area (Å²) in [6.07, 6.45) is 0. The Labute approximate surface area is 169 Å². The fourth-order valence-electron chi connectivity index (χ4n) is 3.24. The molecule has 1 aliphatic rings. The molecule has 144 valence electrons. The van der Waals surface area contributed by atoms with Crippen LogP contribution in [0.25, 0.3) is 0 Å². The number of nitrogens with one attached hydrogen (secondary N) is 1. The summed E-state index contributed by atoms with van der Waals surface area (Å²) in [5.41, 5.74) is 1.62. The van der Waals surface area contributed by atoms with E-state index in [4.69, 9.17) is 27.9 Å². The molecule has 0 radical (unpaired) electrons. The fourth-order valence-corrected chi connectivity index (χ4v) is 3.67. The van der Waals surface area contributed by atoms with Crippen molar-refractivity contribution in [3.05, 3.63) is 52.5 Å². The molecule has 2 aromatic carbocycles. The van der Waals surface area contributed by atoms with E-state index in [1.54, 1.807) is 25.3 Å². The van der Waals surface area contributed by atoms with Gasteiger partial charge < -0.3 is 15.0 Å². The largest absolute Gasteiger partial charge is 0.495 e. The number of halogens is 2. The maximum atomic E-state index is 12.7. The molecule has 1 heterocycles. The maximum absolute atomic E-state index is 12.7. The molecule has 1 amide bonds. The summed E-state index contributed by atoms with van der Waals surface area (Å²) in [7, 11) is 1.57. The molecule has 27 heavy (non-hydrogen) atoms. The summed E-state index contributed by atoms with van der Waals surface area (Å²) in [5.74, 6) is 0.505. The van der Waals surface area contributed by atoms with Crippen LogP contribution in [0.4, 0.5) is 11.4 Å². The lowest BCUT2D eigenvalue weighted by Gasteiger charge is -2.38. The van der Waals surface area contributed by atoms with Gasteiger partial charge in [0.25, 0.3) is 0 Å². The third kappa shape index (κ3) is 4.67. The molecule has 1 fully saturated rings. The second-order valence-corrected chi connectivity index (χ2v) is 7.33. The van der Waals surface area contributed by atoms with Crippen LogP contribution in [0, 0.1) is 0 Å². The monoisotopic (exact) mass is 407 g/mol. The van der Waals surface area contributed by atoms with Gasteiger partial charge in [-0.1, -0.05) is 35.3 Å². The lowest BCUT2D eigenvalue weighted by Crippen LogP contribution is -2.52. The van der Waals surface area contributed by atoms with Gasteiger partial charge in [0.1, 0.15) is 5.75 Å². The van der Waals surface area contributed by atoms with Gasteiger partial charge in [0.05, 0.1) is 29.5 Å². The highest BCUT2D eigenvalue weighted by molar-refractivity contribution is 6.33. The van der Waals surface area contributed by atoms with E-state index in [2.05, 4.69) is 15.1 Å². The van der Waals surface area contributed by atoms with E-state index in [0.29, 0.717) is 16.5 Å². The van der Waals surface area contributed by atoms with Crippen molar-refractivity contribution in [2.75, 3.05) is 43.5 Å². The molecule has 3 rings (SSSR count). The summed E-state index contributed by atoms with van der Waals surface area (Å²) < 4.78 is 5.29. The highest BCUT2D eigenvalue weighted by atomic mass is 35.5. The van der Waals surface area contributed by atoms with Gasteiger partial charge in [0, 0.05) is 31.2 Å². The van der Waals surface area contributed by atoms with Gasteiger partial charge in [-0.25, -0.2) is 0 Å². The molecule has 1 aliphatic heterocycles. The van der Waals surface area contributed by atoms with Crippen LogP contribution in [0.1, 0.15) is 6.92 Å². The Bertz CT molecular complexity index is 808. The quantitative estimate of drug-likeness (QED) is 0.808. The summed E-state index contributed by atoms with van der Waals surface area (Å²) in [6.45, 7) is 5.13. The van der Waals surface area contributed by atoms with Crippen molar-refractivity contribution in [1.29, 1.82) is 0 Å². The number of hydrogen-bond donors (Lipinski definition) is 1. The number of para-hydroxylation sites is 1. The summed E-state index contributed by atoms with van der Waals surface area (Å²) in [6, 6.07) is 12.7. The molecule has 7 heteroatoms. The number of ether oxygens (including phenoxy) is 1. The van der Waals surface area contributed by atoms with Crippen LogP contribution in [-0.4, -0.2) is 50.1 Å². The van der Waals surface area contributed by atoms with Crippen molar-refractivity contribution in [2.24, 2.45) is 0 Å². The van der Waals surface area contributed by atoms with E-state index < -0.39 is 0 Å². The molecule has 0 unspecified atom stereocenters. The van der Waals surface area contributed by atoms with Crippen molar-refractivity contribution in [2.45, 2.75) is 13.0 Å². The Morgan fingerprint density at radius 3 is 2.48 bits per heavy atom. The summed E-state index contributed by atoms with van der Waals surface area (Å²) in [5, 5.41) is 4.23. The first-order chi connectivity index (χ1) is 13.0. The number of amides is 1. The molecular formula is C20H23Cl2N3O2. The van der Waals surface area contributed by atoms with Gasteiger partial charge in [-0.05, 0) is 37.3 Å². The normalized spacial score (nSPS) is 16.1. The molecular weight excluding hydrogens is 385 g/mol. The van der Waals surface area contributed by atoms with E-state index in [-0.39, 0.29) is 11.9 Å². The predicted molar refractivity (Wildman–Crippen MR) is 111 cm³/mol. The Kier molecular flexibility index (Phi) is 6.47. The SMILES string of the molecule is COc1ccc(Cl)cc1NC(=O)[C@@H](C)N1CCN(c2ccccc2Cl)CC1. The van der Waals surface area contributed by atoms with E-state index in [1.807, 2.05) is 31.2 Å². The zero-order valence-electron chi connectivity index (χ0n) is 15.4. The first kappa shape index (κ1) is 19.8. The molecule has 1 N–H and O–H groups in total. The third-order valence-electron chi connectivity index (χ3n) is 4.85. The number of carbonyl (C=O) groups is 1. The molecule has 2 aromatic rings. The highest BCUT2D eigenvalue weighted by Gasteiger charge is 2.26. The molecule has 0 aromatic heterocycles. The number of benzene rings is 2. The number of methoxy groups -OCH3 is 1. The smallest absolute Gasteiger partial charge is 0.241 e. The highest BCUT2D eigenvalue weighted by Crippen LogP contribution is 2.29. The molecule has 0 bridgehead atoms. The fraction of sp³-hybridized carbons (Fsp3) is 0.350. The minimum atomic E-state index is -0.262. The van der Waals surface area contributed by atoms with Crippen LogP contribution in [0.3, 0.4) is 0 Å². The van der Waals surface area contributed by atoms with Crippen LogP contribution < -0.4 is 15.0 Å². The first-order valence-corrected chi connectivity index (χ1v) is 9.63. The second kappa shape index (κ2) is 8.83. The number of anilines is 2. The van der Waals surface area contributed by atoms with Gasteiger partial charge in [0.15, 0.2) is 0 Å². The number of hydrogen-bond acceptors (Lipinski definition) is 4. The topological polar surface area (TPSA) is 44.8 Å². The average Bonchev–Trinajstić information content (AvgIpc) is 2.68. The molecule has 1 atom stereocenters. The summed E-state index contributed by atoms with van der Waals surface area (Å²) in [4.78, 5) is 17.1. The number of nitrogens with zero attached hydrogens (tertiary/aromatic N) is 2. The first-order valence-electron chi connectivity index (χ1n) is 8.87. The lowest BCUT2D eigenvalue weighted by atomic mass is 10.2. The zero-order valence-corrected chi connectivity index (χ0v) is 16.9. The van der Waals surface area contributed by atoms with E-state index >= 15 is 0 Å². The van der Waals surface area contributed by atoms with Crippen molar-refractivity contribution in [1.82, 2.24) is 4.90 Å². The Balaban J connectivity index is 1.61. The van der Waals surface area contributed by atoms with E-state index in [9.17, 15) is 4.79 Å². The maximum Gasteiger partial charge on any atom is 0.241 e. The van der Waals surface area contributed by atoms with E-state index in [0.717, 1.165) is 36.9 Å². The van der Waals surface area contributed by atoms with Crippen LogP contribution in [0.2, 0.25) is 10.0 Å².